The Kier molecular flexibility index (Phi) is 8.36. The summed E-state index contributed by atoms with van der Waals surface area (Å²) >= 11 is 0. The lowest BCUT2D eigenvalue weighted by atomic mass is 10.0. The first-order chi connectivity index (χ1) is 13.1. The first-order valence-electron chi connectivity index (χ1n) is 9.40. The molecule has 0 fully saturated rings. The molecule has 0 aliphatic heterocycles. The van der Waals surface area contributed by atoms with Gasteiger partial charge in [0.05, 0.1) is 6.54 Å². The Morgan fingerprint density at radius 3 is 2.37 bits per heavy atom. The fraction of sp³-hybridized carbons (Fsp3) is 0.364. The maximum absolute atomic E-state index is 12.0. The minimum Gasteiger partial charge on any atom is -0.356 e. The van der Waals surface area contributed by atoms with E-state index < -0.39 is 0 Å². The number of benzene rings is 2. The van der Waals surface area contributed by atoms with Crippen molar-refractivity contribution in [3.05, 3.63) is 71.3 Å². The number of carbonyl (C=O) groups excluding carboxylic acids is 1. The van der Waals surface area contributed by atoms with Gasteiger partial charge >= 0.3 is 0 Å². The third kappa shape index (κ3) is 7.52. The molecule has 0 aromatic heterocycles. The summed E-state index contributed by atoms with van der Waals surface area (Å²) in [6.45, 7) is 5.83. The molecule has 5 heteroatoms. The number of aliphatic imine (C=N–C) groups is 1. The van der Waals surface area contributed by atoms with Crippen molar-refractivity contribution in [1.29, 1.82) is 0 Å². The smallest absolute Gasteiger partial charge is 0.239 e. The maximum Gasteiger partial charge on any atom is 0.239 e. The van der Waals surface area contributed by atoms with Crippen LogP contribution in [0, 0.1) is 6.92 Å². The number of rotatable bonds is 8. The number of nitrogens with one attached hydrogen (secondary N) is 3. The zero-order valence-electron chi connectivity index (χ0n) is 16.5. The molecule has 0 heterocycles. The predicted octanol–water partition coefficient (Wildman–Crippen LogP) is 2.62. The highest BCUT2D eigenvalue weighted by molar-refractivity contribution is 5.86. The minimum atomic E-state index is -0.0412. The van der Waals surface area contributed by atoms with Crippen LogP contribution in [0.2, 0.25) is 0 Å². The Bertz CT molecular complexity index is 726. The molecule has 0 radical (unpaired) electrons. The minimum absolute atomic E-state index is 0.0412. The summed E-state index contributed by atoms with van der Waals surface area (Å²) in [4.78, 5) is 16.2. The van der Waals surface area contributed by atoms with Crippen molar-refractivity contribution in [3.8, 4) is 0 Å². The monoisotopic (exact) mass is 366 g/mol. The normalized spacial score (nSPS) is 12.3. The van der Waals surface area contributed by atoms with Gasteiger partial charge in [-0.1, -0.05) is 67.1 Å². The molecule has 3 N–H and O–H groups in total. The van der Waals surface area contributed by atoms with Crippen molar-refractivity contribution in [2.45, 2.75) is 26.2 Å². The van der Waals surface area contributed by atoms with Crippen LogP contribution in [0.25, 0.3) is 0 Å². The lowest BCUT2D eigenvalue weighted by Gasteiger charge is -2.16. The Balaban J connectivity index is 1.67. The lowest BCUT2D eigenvalue weighted by Crippen LogP contribution is -2.44. The SMILES string of the molecule is CN=C(NCC(=O)NCCc1ccccc1)NCC(C)c1ccc(C)cc1. The number of guanidine groups is 1. The van der Waals surface area contributed by atoms with Gasteiger partial charge in [-0.15, -0.1) is 0 Å². The Morgan fingerprint density at radius 1 is 1.00 bits per heavy atom. The molecule has 2 aromatic carbocycles. The van der Waals surface area contributed by atoms with Crippen LogP contribution in [0.3, 0.4) is 0 Å². The van der Waals surface area contributed by atoms with Crippen molar-refractivity contribution in [2.75, 3.05) is 26.7 Å². The van der Waals surface area contributed by atoms with E-state index in [1.807, 2.05) is 18.2 Å². The number of hydrogen-bond acceptors (Lipinski definition) is 2. The third-order valence-corrected chi connectivity index (χ3v) is 4.44. The highest BCUT2D eigenvalue weighted by Gasteiger charge is 2.08. The van der Waals surface area contributed by atoms with Crippen LogP contribution in [0.15, 0.2) is 59.6 Å². The maximum atomic E-state index is 12.0. The van der Waals surface area contributed by atoms with Crippen LogP contribution < -0.4 is 16.0 Å². The summed E-state index contributed by atoms with van der Waals surface area (Å²) in [5.74, 6) is 0.941. The molecule has 2 aromatic rings. The average molecular weight is 367 g/mol. The van der Waals surface area contributed by atoms with Crippen molar-refractivity contribution in [2.24, 2.45) is 4.99 Å². The summed E-state index contributed by atoms with van der Waals surface area (Å²) in [7, 11) is 1.71. The molecule has 1 amide bonds. The second kappa shape index (κ2) is 11.0. The summed E-state index contributed by atoms with van der Waals surface area (Å²) in [6, 6.07) is 18.7. The number of aryl methyl sites for hydroxylation is 1. The first kappa shape index (κ1) is 20.5. The van der Waals surface area contributed by atoms with Gasteiger partial charge in [-0.05, 0) is 30.4 Å². The molecule has 5 nitrogen and oxygen atoms in total. The van der Waals surface area contributed by atoms with E-state index in [-0.39, 0.29) is 12.5 Å². The van der Waals surface area contributed by atoms with E-state index in [1.165, 1.54) is 16.7 Å². The van der Waals surface area contributed by atoms with E-state index in [2.05, 4.69) is 71.2 Å². The molecule has 0 bridgehead atoms. The zero-order chi connectivity index (χ0) is 19.5. The third-order valence-electron chi connectivity index (χ3n) is 4.44. The lowest BCUT2D eigenvalue weighted by molar-refractivity contribution is -0.119. The number of amides is 1. The highest BCUT2D eigenvalue weighted by Crippen LogP contribution is 2.14. The van der Waals surface area contributed by atoms with E-state index in [0.29, 0.717) is 18.4 Å². The Hall–Kier alpha value is -2.82. The van der Waals surface area contributed by atoms with E-state index in [4.69, 9.17) is 0 Å². The average Bonchev–Trinajstić information content (AvgIpc) is 2.69. The molecule has 1 atom stereocenters. The molecule has 0 saturated heterocycles. The highest BCUT2D eigenvalue weighted by atomic mass is 16.1. The Morgan fingerprint density at radius 2 is 1.70 bits per heavy atom. The quantitative estimate of drug-likeness (QED) is 0.497. The summed E-state index contributed by atoms with van der Waals surface area (Å²) in [5.41, 5.74) is 3.75. The first-order valence-corrected chi connectivity index (χ1v) is 9.40. The number of nitrogens with zero attached hydrogens (tertiary/aromatic N) is 1. The van der Waals surface area contributed by atoms with Crippen molar-refractivity contribution >= 4 is 11.9 Å². The van der Waals surface area contributed by atoms with Crippen LogP contribution in [-0.4, -0.2) is 38.5 Å². The molecule has 2 rings (SSSR count). The van der Waals surface area contributed by atoms with Gasteiger partial charge in [0, 0.05) is 20.1 Å². The largest absolute Gasteiger partial charge is 0.356 e. The van der Waals surface area contributed by atoms with Gasteiger partial charge in [-0.3, -0.25) is 9.79 Å². The fourth-order valence-electron chi connectivity index (χ4n) is 2.70. The van der Waals surface area contributed by atoms with E-state index in [9.17, 15) is 4.79 Å². The van der Waals surface area contributed by atoms with Crippen LogP contribution in [0.5, 0.6) is 0 Å². The standard InChI is InChI=1S/C22H30N4O/c1-17-9-11-20(12-10-17)18(2)15-25-22(23-3)26-16-21(27)24-14-13-19-7-5-4-6-8-19/h4-12,18H,13-16H2,1-3H3,(H,24,27)(H2,23,25,26). The molecular weight excluding hydrogens is 336 g/mol. The molecule has 0 aliphatic carbocycles. The molecular formula is C22H30N4O. The van der Waals surface area contributed by atoms with Crippen LogP contribution in [0.4, 0.5) is 0 Å². The molecule has 144 valence electrons. The molecule has 0 spiro atoms. The van der Waals surface area contributed by atoms with Crippen LogP contribution in [0.1, 0.15) is 29.5 Å². The van der Waals surface area contributed by atoms with Crippen LogP contribution >= 0.6 is 0 Å². The summed E-state index contributed by atoms with van der Waals surface area (Å²) < 4.78 is 0. The second-order valence-electron chi connectivity index (χ2n) is 6.70. The van der Waals surface area contributed by atoms with E-state index in [0.717, 1.165) is 13.0 Å². The van der Waals surface area contributed by atoms with Gasteiger partial charge in [-0.2, -0.15) is 0 Å². The number of hydrogen-bond donors (Lipinski definition) is 3. The van der Waals surface area contributed by atoms with E-state index >= 15 is 0 Å². The second-order valence-corrected chi connectivity index (χ2v) is 6.70. The molecule has 0 aliphatic rings. The predicted molar refractivity (Wildman–Crippen MR) is 112 cm³/mol. The van der Waals surface area contributed by atoms with Gasteiger partial charge in [-0.25, -0.2) is 0 Å². The van der Waals surface area contributed by atoms with Gasteiger partial charge in [0.2, 0.25) is 5.91 Å². The van der Waals surface area contributed by atoms with Crippen molar-refractivity contribution in [1.82, 2.24) is 16.0 Å². The fourth-order valence-corrected chi connectivity index (χ4v) is 2.70. The summed E-state index contributed by atoms with van der Waals surface area (Å²) in [5, 5.41) is 9.26. The molecule has 1 unspecified atom stereocenters. The zero-order valence-corrected chi connectivity index (χ0v) is 16.5. The Labute approximate surface area is 162 Å². The van der Waals surface area contributed by atoms with Gasteiger partial charge in [0.15, 0.2) is 5.96 Å². The van der Waals surface area contributed by atoms with Crippen molar-refractivity contribution in [3.63, 3.8) is 0 Å². The van der Waals surface area contributed by atoms with Gasteiger partial charge in [0.25, 0.3) is 0 Å². The van der Waals surface area contributed by atoms with Crippen LogP contribution in [-0.2, 0) is 11.2 Å². The molecule has 0 saturated carbocycles. The van der Waals surface area contributed by atoms with Gasteiger partial charge < -0.3 is 16.0 Å². The van der Waals surface area contributed by atoms with E-state index in [1.54, 1.807) is 7.05 Å². The number of carbonyl (C=O) groups is 1. The van der Waals surface area contributed by atoms with Gasteiger partial charge in [0.1, 0.15) is 0 Å². The topological polar surface area (TPSA) is 65.5 Å². The molecule has 27 heavy (non-hydrogen) atoms. The van der Waals surface area contributed by atoms with Crippen molar-refractivity contribution < 1.29 is 4.79 Å². The summed E-state index contributed by atoms with van der Waals surface area (Å²) in [6.07, 6.45) is 0.827.